The van der Waals surface area contributed by atoms with Crippen LogP contribution in [0, 0.1) is 12.5 Å². The maximum Gasteiger partial charge on any atom is 0.416 e. The van der Waals surface area contributed by atoms with Crippen LogP contribution in [-0.4, -0.2) is 20.2 Å². The second-order valence-corrected chi connectivity index (χ2v) is 8.26. The summed E-state index contributed by atoms with van der Waals surface area (Å²) in [5, 5.41) is 0. The number of halogens is 3. The molecule has 0 aliphatic heterocycles. The van der Waals surface area contributed by atoms with Gasteiger partial charge in [0, 0.05) is 17.2 Å². The van der Waals surface area contributed by atoms with Gasteiger partial charge in [-0.1, -0.05) is 36.8 Å². The summed E-state index contributed by atoms with van der Waals surface area (Å²) < 4.78 is 65.8. The quantitative estimate of drug-likeness (QED) is 0.449. The summed E-state index contributed by atoms with van der Waals surface area (Å²) in [5.74, 6) is -1.82. The van der Waals surface area contributed by atoms with E-state index in [0.29, 0.717) is 12.1 Å². The number of amides is 2. The van der Waals surface area contributed by atoms with E-state index in [4.69, 9.17) is 6.42 Å². The van der Waals surface area contributed by atoms with Gasteiger partial charge in [-0.25, -0.2) is 18.0 Å². The number of alkyl halides is 3. The normalized spacial score (nSPS) is 11.3. The Hall–Kier alpha value is -4.10. The molecular formula is C23H15F3N2O4S. The Balaban J connectivity index is 1.92. The number of benzene rings is 3. The number of nitrogens with zero attached hydrogens (tertiary/aromatic N) is 1. The summed E-state index contributed by atoms with van der Waals surface area (Å²) in [6.45, 7) is 0. The molecule has 10 heteroatoms. The van der Waals surface area contributed by atoms with Gasteiger partial charge < -0.3 is 0 Å². The summed E-state index contributed by atoms with van der Waals surface area (Å²) in [7, 11) is -4.56. The average molecular weight is 472 g/mol. The third-order valence-electron chi connectivity index (χ3n) is 4.45. The summed E-state index contributed by atoms with van der Waals surface area (Å²) in [4.78, 5) is 25.5. The monoisotopic (exact) mass is 472 g/mol. The molecule has 0 aliphatic carbocycles. The van der Waals surface area contributed by atoms with E-state index in [1.807, 2.05) is 0 Å². The number of sulfonamides is 1. The molecule has 0 saturated carbocycles. The molecule has 0 aromatic heterocycles. The van der Waals surface area contributed by atoms with E-state index in [0.717, 1.165) is 23.1 Å². The maximum atomic E-state index is 12.9. The molecule has 3 aromatic carbocycles. The zero-order chi connectivity index (χ0) is 24.2. The lowest BCUT2D eigenvalue weighted by Crippen LogP contribution is -2.33. The van der Waals surface area contributed by atoms with Gasteiger partial charge in [0.2, 0.25) is 0 Å². The summed E-state index contributed by atoms with van der Waals surface area (Å²) in [6, 6.07) is 18.3. The lowest BCUT2D eigenvalue weighted by Gasteiger charge is -2.19. The summed E-state index contributed by atoms with van der Waals surface area (Å²) >= 11 is 0. The second-order valence-electron chi connectivity index (χ2n) is 6.61. The first-order valence-electron chi connectivity index (χ1n) is 9.24. The van der Waals surface area contributed by atoms with Gasteiger partial charge in [-0.3, -0.25) is 9.59 Å². The van der Waals surface area contributed by atoms with E-state index in [-0.39, 0.29) is 16.8 Å². The molecule has 0 heterocycles. The number of carbonyl (C=O) groups is 2. The zero-order valence-corrected chi connectivity index (χ0v) is 17.5. The minimum absolute atomic E-state index is 0.179. The van der Waals surface area contributed by atoms with E-state index in [1.165, 1.54) is 30.3 Å². The molecule has 0 aliphatic rings. The highest BCUT2D eigenvalue weighted by molar-refractivity contribution is 7.90. The highest BCUT2D eigenvalue weighted by Crippen LogP contribution is 2.29. The first-order chi connectivity index (χ1) is 15.5. The van der Waals surface area contributed by atoms with Gasteiger partial charge in [0.25, 0.3) is 21.8 Å². The molecule has 3 rings (SSSR count). The predicted octanol–water partition coefficient (Wildman–Crippen LogP) is 4.06. The van der Waals surface area contributed by atoms with Crippen molar-refractivity contribution in [3.8, 4) is 12.5 Å². The van der Waals surface area contributed by atoms with Crippen LogP contribution in [-0.2, 0) is 16.2 Å². The zero-order valence-electron chi connectivity index (χ0n) is 16.7. The van der Waals surface area contributed by atoms with Crippen molar-refractivity contribution in [2.45, 2.75) is 11.1 Å². The molecule has 0 fully saturated rings. The van der Waals surface area contributed by atoms with Crippen molar-refractivity contribution in [2.75, 3.05) is 4.90 Å². The van der Waals surface area contributed by atoms with Crippen LogP contribution >= 0.6 is 0 Å². The van der Waals surface area contributed by atoms with E-state index < -0.39 is 38.5 Å². The molecule has 6 nitrogen and oxygen atoms in total. The second kappa shape index (κ2) is 9.18. The van der Waals surface area contributed by atoms with Crippen molar-refractivity contribution in [1.82, 2.24) is 4.72 Å². The van der Waals surface area contributed by atoms with E-state index in [1.54, 1.807) is 22.9 Å². The number of carbonyl (C=O) groups excluding carboxylic acids is 2. The summed E-state index contributed by atoms with van der Waals surface area (Å²) in [6.07, 6.45) is 0.871. The standard InChI is InChI=1S/C23H15F3N2O4S/c1-2-28(22(30)17-8-4-3-5-9-17)19-10-6-7-11-20(19)33(31,32)27-21(29)16-12-14-18(15-13-16)23(24,25)26/h1,3-15H,(H,27,29). The fourth-order valence-electron chi connectivity index (χ4n) is 2.86. The van der Waals surface area contributed by atoms with Crippen LogP contribution in [0.4, 0.5) is 18.9 Å². The van der Waals surface area contributed by atoms with Crippen LogP contribution < -0.4 is 9.62 Å². The van der Waals surface area contributed by atoms with Crippen LogP contribution in [0.15, 0.2) is 83.8 Å². The number of terminal acetylenes is 1. The predicted molar refractivity (Wildman–Crippen MR) is 115 cm³/mol. The van der Waals surface area contributed by atoms with Crippen LogP contribution in [0.5, 0.6) is 0 Å². The molecule has 0 bridgehead atoms. The van der Waals surface area contributed by atoms with Gasteiger partial charge >= 0.3 is 6.18 Å². The van der Waals surface area contributed by atoms with E-state index in [9.17, 15) is 31.2 Å². The van der Waals surface area contributed by atoms with Crippen molar-refractivity contribution in [1.29, 1.82) is 0 Å². The molecule has 0 unspecified atom stereocenters. The van der Waals surface area contributed by atoms with Crippen molar-refractivity contribution in [2.24, 2.45) is 0 Å². The molecule has 0 atom stereocenters. The largest absolute Gasteiger partial charge is 0.416 e. The number of rotatable bonds is 5. The van der Waals surface area contributed by atoms with Gasteiger partial charge in [0.05, 0.1) is 11.3 Å². The third kappa shape index (κ3) is 5.22. The fraction of sp³-hybridized carbons (Fsp3) is 0.0435. The first-order valence-corrected chi connectivity index (χ1v) is 10.7. The van der Waals surface area contributed by atoms with Crippen LogP contribution in [0.1, 0.15) is 26.3 Å². The molecule has 0 radical (unpaired) electrons. The third-order valence-corrected chi connectivity index (χ3v) is 5.83. The van der Waals surface area contributed by atoms with Gasteiger partial charge in [0.15, 0.2) is 0 Å². The highest BCUT2D eigenvalue weighted by atomic mass is 32.2. The van der Waals surface area contributed by atoms with Crippen molar-refractivity contribution >= 4 is 27.5 Å². The van der Waals surface area contributed by atoms with Crippen molar-refractivity contribution in [3.05, 3.63) is 95.6 Å². The number of nitrogens with one attached hydrogen (secondary N) is 1. The van der Waals surface area contributed by atoms with Gasteiger partial charge in [0.1, 0.15) is 4.90 Å². The van der Waals surface area contributed by atoms with Gasteiger partial charge in [-0.15, -0.1) is 0 Å². The highest BCUT2D eigenvalue weighted by Gasteiger charge is 2.31. The molecule has 2 amide bonds. The summed E-state index contributed by atoms with van der Waals surface area (Å²) in [5.41, 5.74) is -1.27. The topological polar surface area (TPSA) is 83.6 Å². The lowest BCUT2D eigenvalue weighted by molar-refractivity contribution is -0.137. The molecule has 0 spiro atoms. The molecule has 3 aromatic rings. The van der Waals surface area contributed by atoms with Crippen LogP contribution in [0.25, 0.3) is 0 Å². The van der Waals surface area contributed by atoms with Crippen molar-refractivity contribution in [3.63, 3.8) is 0 Å². The minimum Gasteiger partial charge on any atom is -0.268 e. The minimum atomic E-state index is -4.61. The number of anilines is 1. The Kier molecular flexibility index (Phi) is 6.55. The smallest absolute Gasteiger partial charge is 0.268 e. The van der Waals surface area contributed by atoms with Gasteiger partial charge in [-0.2, -0.15) is 13.2 Å². The molecule has 33 heavy (non-hydrogen) atoms. The Morgan fingerprint density at radius 1 is 0.848 bits per heavy atom. The van der Waals surface area contributed by atoms with Crippen LogP contribution in [0.3, 0.4) is 0 Å². The Bertz CT molecular complexity index is 1330. The lowest BCUT2D eigenvalue weighted by atomic mass is 10.1. The van der Waals surface area contributed by atoms with Crippen LogP contribution in [0.2, 0.25) is 0 Å². The Labute approximate surface area is 187 Å². The number of para-hydroxylation sites is 1. The number of hydrogen-bond acceptors (Lipinski definition) is 4. The molecule has 168 valence electrons. The molecule has 0 saturated heterocycles. The maximum absolute atomic E-state index is 12.9. The fourth-order valence-corrected chi connectivity index (χ4v) is 4.03. The Morgan fingerprint density at radius 2 is 1.42 bits per heavy atom. The molecule has 1 N–H and O–H groups in total. The van der Waals surface area contributed by atoms with Gasteiger partial charge in [-0.05, 0) is 48.5 Å². The SMILES string of the molecule is C#CN(C(=O)c1ccccc1)c1ccccc1S(=O)(=O)NC(=O)c1ccc(C(F)(F)F)cc1. The molecular weight excluding hydrogens is 457 g/mol. The number of hydrogen-bond donors (Lipinski definition) is 1. The van der Waals surface area contributed by atoms with Crippen molar-refractivity contribution < 1.29 is 31.2 Å². The van der Waals surface area contributed by atoms with E-state index in [2.05, 4.69) is 6.04 Å². The average Bonchev–Trinajstić information content (AvgIpc) is 2.79. The van der Waals surface area contributed by atoms with E-state index >= 15 is 0 Å². The Morgan fingerprint density at radius 3 is 2.00 bits per heavy atom. The first kappa shape index (κ1) is 23.6.